The molecule has 1 aliphatic carbocycles. The first-order chi connectivity index (χ1) is 9.77. The second-order valence-electron chi connectivity index (χ2n) is 4.54. The zero-order valence-electron chi connectivity index (χ0n) is 10.6. The Balaban J connectivity index is 2.13. The lowest BCUT2D eigenvalue weighted by atomic mass is 10.2. The van der Waals surface area contributed by atoms with Gasteiger partial charge in [-0.2, -0.15) is 13.2 Å². The van der Waals surface area contributed by atoms with E-state index in [1.807, 2.05) is 0 Å². The topological polar surface area (TPSA) is 97.2 Å². The minimum absolute atomic E-state index is 0.0949. The fraction of sp³-hybridized carbons (Fsp3) is 0.455. The van der Waals surface area contributed by atoms with Crippen LogP contribution in [0.2, 0.25) is 0 Å². The van der Waals surface area contributed by atoms with Gasteiger partial charge < -0.3 is 10.6 Å². The van der Waals surface area contributed by atoms with E-state index in [-0.39, 0.29) is 12.6 Å². The number of hydrogen-bond acceptors (Lipinski definition) is 5. The number of anilines is 1. The van der Waals surface area contributed by atoms with Gasteiger partial charge in [-0.3, -0.25) is 14.9 Å². The van der Waals surface area contributed by atoms with Gasteiger partial charge in [0, 0.05) is 6.04 Å². The van der Waals surface area contributed by atoms with E-state index in [9.17, 15) is 28.1 Å². The van der Waals surface area contributed by atoms with E-state index in [4.69, 9.17) is 0 Å². The quantitative estimate of drug-likeness (QED) is 0.637. The van der Waals surface area contributed by atoms with Gasteiger partial charge in [-0.15, -0.1) is 0 Å². The lowest BCUT2D eigenvalue weighted by Gasteiger charge is -2.10. The summed E-state index contributed by atoms with van der Waals surface area (Å²) >= 11 is 0. The van der Waals surface area contributed by atoms with E-state index < -0.39 is 34.1 Å². The minimum Gasteiger partial charge on any atom is -0.370 e. The minimum atomic E-state index is -4.72. The first kappa shape index (κ1) is 15.0. The Morgan fingerprint density at radius 3 is 2.67 bits per heavy atom. The summed E-state index contributed by atoms with van der Waals surface area (Å²) in [5.41, 5.74) is -2.28. The molecular weight excluding hydrogens is 293 g/mol. The molecular formula is C11H11F3N4O3. The van der Waals surface area contributed by atoms with Crippen LogP contribution in [0.5, 0.6) is 0 Å². The van der Waals surface area contributed by atoms with Crippen molar-refractivity contribution in [1.82, 2.24) is 10.3 Å². The summed E-state index contributed by atoms with van der Waals surface area (Å²) in [5.74, 6) is -0.433. The van der Waals surface area contributed by atoms with Crippen molar-refractivity contribution in [3.63, 3.8) is 0 Å². The van der Waals surface area contributed by atoms with Crippen molar-refractivity contribution >= 4 is 17.3 Å². The number of nitrogens with zero attached hydrogens (tertiary/aromatic N) is 2. The van der Waals surface area contributed by atoms with Gasteiger partial charge in [0.05, 0.1) is 11.5 Å². The normalized spacial score (nSPS) is 14.6. The molecule has 21 heavy (non-hydrogen) atoms. The molecule has 0 spiro atoms. The number of alkyl halides is 3. The fourth-order valence-corrected chi connectivity index (χ4v) is 1.57. The molecule has 0 atom stereocenters. The molecule has 2 N–H and O–H groups in total. The number of rotatable bonds is 5. The molecule has 1 heterocycles. The number of amides is 1. The Bertz CT molecular complexity index is 572. The van der Waals surface area contributed by atoms with Gasteiger partial charge >= 0.3 is 11.9 Å². The highest BCUT2D eigenvalue weighted by Gasteiger charge is 2.34. The lowest BCUT2D eigenvalue weighted by Crippen LogP contribution is -2.31. The highest BCUT2D eigenvalue weighted by atomic mass is 19.4. The van der Waals surface area contributed by atoms with Gasteiger partial charge in [-0.25, -0.2) is 4.98 Å². The molecule has 0 aliphatic heterocycles. The van der Waals surface area contributed by atoms with Crippen LogP contribution < -0.4 is 10.6 Å². The van der Waals surface area contributed by atoms with Crippen molar-refractivity contribution < 1.29 is 22.9 Å². The smallest absolute Gasteiger partial charge is 0.370 e. The molecule has 0 aromatic carbocycles. The van der Waals surface area contributed by atoms with Crippen LogP contribution in [0.15, 0.2) is 12.3 Å². The van der Waals surface area contributed by atoms with E-state index in [0.717, 1.165) is 12.8 Å². The SMILES string of the molecule is O=C(CNc1cc(C(F)(F)F)ncc1[N+](=O)[O-])NC1CC1. The van der Waals surface area contributed by atoms with E-state index in [1.54, 1.807) is 0 Å². The molecule has 1 aromatic rings. The summed E-state index contributed by atoms with van der Waals surface area (Å²) in [4.78, 5) is 24.4. The molecule has 1 aromatic heterocycles. The van der Waals surface area contributed by atoms with Crippen LogP contribution in [0.4, 0.5) is 24.5 Å². The van der Waals surface area contributed by atoms with E-state index >= 15 is 0 Å². The number of pyridine rings is 1. The van der Waals surface area contributed by atoms with Crippen LogP contribution >= 0.6 is 0 Å². The Labute approximate surface area is 116 Å². The second kappa shape index (κ2) is 5.54. The number of aromatic nitrogens is 1. The van der Waals surface area contributed by atoms with Crippen molar-refractivity contribution in [1.29, 1.82) is 0 Å². The number of hydrogen-bond donors (Lipinski definition) is 2. The van der Waals surface area contributed by atoms with Crippen LogP contribution in [-0.2, 0) is 11.0 Å². The summed E-state index contributed by atoms with van der Waals surface area (Å²) in [6.07, 6.45) is -2.48. The van der Waals surface area contributed by atoms with Gasteiger partial charge in [-0.1, -0.05) is 0 Å². The second-order valence-corrected chi connectivity index (χ2v) is 4.54. The third-order valence-electron chi connectivity index (χ3n) is 2.75. The Kier molecular flexibility index (Phi) is 3.96. The molecule has 0 saturated heterocycles. The molecule has 1 amide bonds. The maximum Gasteiger partial charge on any atom is 0.433 e. The van der Waals surface area contributed by atoms with Crippen LogP contribution in [-0.4, -0.2) is 28.4 Å². The summed E-state index contributed by atoms with van der Waals surface area (Å²) in [6.45, 7) is -0.349. The molecule has 2 rings (SSSR count). The van der Waals surface area contributed by atoms with E-state index in [2.05, 4.69) is 15.6 Å². The van der Waals surface area contributed by atoms with E-state index in [0.29, 0.717) is 12.3 Å². The molecule has 7 nitrogen and oxygen atoms in total. The Hall–Kier alpha value is -2.39. The van der Waals surface area contributed by atoms with Gasteiger partial charge in [0.15, 0.2) is 0 Å². The monoisotopic (exact) mass is 304 g/mol. The van der Waals surface area contributed by atoms with Crippen LogP contribution in [0.3, 0.4) is 0 Å². The number of nitro groups is 1. The molecule has 1 aliphatic rings. The lowest BCUT2D eigenvalue weighted by molar-refractivity contribution is -0.384. The molecule has 0 radical (unpaired) electrons. The first-order valence-corrected chi connectivity index (χ1v) is 6.02. The summed E-state index contributed by atoms with van der Waals surface area (Å²) in [5, 5.41) is 15.7. The Morgan fingerprint density at radius 2 is 2.14 bits per heavy atom. The van der Waals surface area contributed by atoms with Crippen molar-refractivity contribution in [2.45, 2.75) is 25.1 Å². The van der Waals surface area contributed by atoms with Crippen LogP contribution in [0.25, 0.3) is 0 Å². The first-order valence-electron chi connectivity index (χ1n) is 6.02. The average Bonchev–Trinajstić information content (AvgIpc) is 3.18. The summed E-state index contributed by atoms with van der Waals surface area (Å²) in [7, 11) is 0. The molecule has 0 bridgehead atoms. The largest absolute Gasteiger partial charge is 0.433 e. The van der Waals surface area contributed by atoms with E-state index in [1.165, 1.54) is 0 Å². The van der Waals surface area contributed by atoms with Gasteiger partial charge in [0.2, 0.25) is 5.91 Å². The fourth-order valence-electron chi connectivity index (χ4n) is 1.57. The van der Waals surface area contributed by atoms with Gasteiger partial charge in [-0.05, 0) is 18.9 Å². The number of halogens is 3. The number of carbonyl (C=O) groups excluding carboxylic acids is 1. The maximum absolute atomic E-state index is 12.5. The van der Waals surface area contributed by atoms with Crippen LogP contribution in [0.1, 0.15) is 18.5 Å². The third kappa shape index (κ3) is 4.04. The zero-order valence-corrected chi connectivity index (χ0v) is 10.6. The molecule has 1 fully saturated rings. The summed E-state index contributed by atoms with van der Waals surface area (Å²) < 4.78 is 37.6. The zero-order chi connectivity index (χ0) is 15.6. The molecule has 10 heteroatoms. The highest BCUT2D eigenvalue weighted by molar-refractivity contribution is 5.82. The van der Waals surface area contributed by atoms with Crippen molar-refractivity contribution in [3.05, 3.63) is 28.1 Å². The standard InChI is InChI=1S/C11H11F3N4O3/c12-11(13,14)9-3-7(8(4-16-9)18(20)21)15-5-10(19)17-6-1-2-6/h3-4,6H,1-2,5H2,(H,15,16)(H,17,19). The number of carbonyl (C=O) groups is 1. The average molecular weight is 304 g/mol. The van der Waals surface area contributed by atoms with Gasteiger partial charge in [0.1, 0.15) is 17.6 Å². The number of nitrogens with one attached hydrogen (secondary N) is 2. The predicted molar refractivity (Wildman–Crippen MR) is 65.5 cm³/mol. The van der Waals surface area contributed by atoms with Crippen LogP contribution in [0, 0.1) is 10.1 Å². The molecule has 114 valence electrons. The van der Waals surface area contributed by atoms with Crippen molar-refractivity contribution in [2.75, 3.05) is 11.9 Å². The van der Waals surface area contributed by atoms with Crippen molar-refractivity contribution in [3.8, 4) is 0 Å². The predicted octanol–water partition coefficient (Wildman–Crippen LogP) is 1.70. The highest BCUT2D eigenvalue weighted by Crippen LogP contribution is 2.32. The third-order valence-corrected chi connectivity index (χ3v) is 2.75. The summed E-state index contributed by atoms with van der Waals surface area (Å²) in [6, 6.07) is 0.611. The molecule has 0 unspecified atom stereocenters. The Morgan fingerprint density at radius 1 is 1.48 bits per heavy atom. The van der Waals surface area contributed by atoms with Gasteiger partial charge in [0.25, 0.3) is 0 Å². The molecule has 1 saturated carbocycles. The van der Waals surface area contributed by atoms with Crippen molar-refractivity contribution in [2.24, 2.45) is 0 Å². The maximum atomic E-state index is 12.5.